The zero-order valence-corrected chi connectivity index (χ0v) is 11.7. The molecule has 0 saturated carbocycles. The number of rotatable bonds is 4. The van der Waals surface area contributed by atoms with Crippen LogP contribution in [0.15, 0.2) is 24.3 Å². The van der Waals surface area contributed by atoms with Crippen molar-refractivity contribution in [3.8, 4) is 5.75 Å². The third-order valence-corrected chi connectivity index (χ3v) is 3.47. The number of nitrogens with two attached hydrogens (primary N) is 1. The highest BCUT2D eigenvalue weighted by Gasteiger charge is 2.24. The minimum atomic E-state index is -0.617. The van der Waals surface area contributed by atoms with Crippen LogP contribution in [0, 0.1) is 0 Å². The van der Waals surface area contributed by atoms with E-state index in [-0.39, 0.29) is 5.91 Å². The lowest BCUT2D eigenvalue weighted by Crippen LogP contribution is -2.43. The molecule has 1 fully saturated rings. The highest BCUT2D eigenvalue weighted by Crippen LogP contribution is 2.20. The number of likely N-dealkylation sites (tertiary alicyclic amines) is 1. The molecular formula is C15H20N2O3. The molecule has 1 aromatic carbocycles. The third kappa shape index (κ3) is 3.29. The number of benzene rings is 1. The molecule has 0 unspecified atom stereocenters. The van der Waals surface area contributed by atoms with Crippen LogP contribution in [0.5, 0.6) is 5.75 Å². The zero-order valence-electron chi connectivity index (χ0n) is 11.7. The number of carbonyl (C=O) groups is 2. The Bertz CT molecular complexity index is 496. The third-order valence-electron chi connectivity index (χ3n) is 3.47. The molecule has 2 N–H and O–H groups in total. The second-order valence-corrected chi connectivity index (χ2v) is 5.01. The number of amides is 2. The van der Waals surface area contributed by atoms with Gasteiger partial charge in [-0.05, 0) is 38.3 Å². The molecule has 0 bridgehead atoms. The highest BCUT2D eigenvalue weighted by atomic mass is 16.5. The summed E-state index contributed by atoms with van der Waals surface area (Å²) < 4.78 is 5.63. The fourth-order valence-electron chi connectivity index (χ4n) is 2.39. The second kappa shape index (κ2) is 6.41. The molecule has 1 saturated heterocycles. The van der Waals surface area contributed by atoms with Gasteiger partial charge in [-0.25, -0.2) is 0 Å². The van der Waals surface area contributed by atoms with Crippen molar-refractivity contribution >= 4 is 11.8 Å². The van der Waals surface area contributed by atoms with Gasteiger partial charge in [-0.2, -0.15) is 0 Å². The first-order chi connectivity index (χ1) is 9.59. The summed E-state index contributed by atoms with van der Waals surface area (Å²) >= 11 is 0. The summed E-state index contributed by atoms with van der Waals surface area (Å²) in [6, 6.07) is 6.71. The Kier molecular flexibility index (Phi) is 4.61. The molecule has 0 spiro atoms. The van der Waals surface area contributed by atoms with E-state index < -0.39 is 12.0 Å². The van der Waals surface area contributed by atoms with Crippen LogP contribution in [0.3, 0.4) is 0 Å². The molecule has 1 atom stereocenters. The molecule has 5 nitrogen and oxygen atoms in total. The van der Waals surface area contributed by atoms with Crippen LogP contribution in [0.25, 0.3) is 0 Å². The summed E-state index contributed by atoms with van der Waals surface area (Å²) in [6.07, 6.45) is 2.63. The molecule has 2 amide bonds. The van der Waals surface area contributed by atoms with Gasteiger partial charge in [0.2, 0.25) is 0 Å². The molecule has 5 heteroatoms. The molecule has 1 aliphatic rings. The van der Waals surface area contributed by atoms with Crippen molar-refractivity contribution in [1.29, 1.82) is 0 Å². The van der Waals surface area contributed by atoms with E-state index in [0.717, 1.165) is 25.9 Å². The quantitative estimate of drug-likeness (QED) is 0.907. The van der Waals surface area contributed by atoms with Gasteiger partial charge in [-0.15, -0.1) is 0 Å². The van der Waals surface area contributed by atoms with Crippen LogP contribution in [0.4, 0.5) is 0 Å². The molecule has 1 aromatic rings. The lowest BCUT2D eigenvalue weighted by Gasteiger charge is -2.29. The highest BCUT2D eigenvalue weighted by molar-refractivity contribution is 5.95. The molecular weight excluding hydrogens is 256 g/mol. The SMILES string of the molecule is C[C@H](Oc1ccccc1C(N)=O)C(=O)N1CCCCC1. The Hall–Kier alpha value is -2.04. The normalized spacial score (nSPS) is 16.6. The van der Waals surface area contributed by atoms with E-state index in [2.05, 4.69) is 0 Å². The molecule has 108 valence electrons. The Morgan fingerprint density at radius 1 is 1.20 bits per heavy atom. The number of piperidine rings is 1. The Morgan fingerprint density at radius 2 is 1.85 bits per heavy atom. The minimum Gasteiger partial charge on any atom is -0.480 e. The van der Waals surface area contributed by atoms with Crippen LogP contribution < -0.4 is 10.5 Å². The predicted octanol–water partition coefficient (Wildman–Crippen LogP) is 1.57. The van der Waals surface area contributed by atoms with Crippen molar-refractivity contribution in [2.75, 3.05) is 13.1 Å². The molecule has 2 rings (SSSR count). The van der Waals surface area contributed by atoms with Crippen molar-refractivity contribution in [1.82, 2.24) is 4.90 Å². The standard InChI is InChI=1S/C15H20N2O3/c1-11(15(19)17-9-5-2-6-10-17)20-13-8-4-3-7-12(13)14(16)18/h3-4,7-8,11H,2,5-6,9-10H2,1H3,(H2,16,18)/t11-/m0/s1. The maximum atomic E-state index is 12.3. The summed E-state index contributed by atoms with van der Waals surface area (Å²) in [6.45, 7) is 3.27. The van der Waals surface area contributed by atoms with Crippen LogP contribution in [-0.4, -0.2) is 35.9 Å². The summed E-state index contributed by atoms with van der Waals surface area (Å²) in [5, 5.41) is 0. The van der Waals surface area contributed by atoms with E-state index in [1.165, 1.54) is 6.42 Å². The average Bonchev–Trinajstić information content (AvgIpc) is 2.47. The number of primary amides is 1. The Morgan fingerprint density at radius 3 is 2.50 bits per heavy atom. The number of ether oxygens (including phenoxy) is 1. The van der Waals surface area contributed by atoms with Crippen molar-refractivity contribution in [3.63, 3.8) is 0 Å². The maximum Gasteiger partial charge on any atom is 0.263 e. The lowest BCUT2D eigenvalue weighted by atomic mass is 10.1. The largest absolute Gasteiger partial charge is 0.480 e. The first-order valence-corrected chi connectivity index (χ1v) is 6.94. The number of hydrogen-bond acceptors (Lipinski definition) is 3. The van der Waals surface area contributed by atoms with Crippen molar-refractivity contribution in [3.05, 3.63) is 29.8 Å². The Labute approximate surface area is 118 Å². The van der Waals surface area contributed by atoms with Gasteiger partial charge in [0, 0.05) is 13.1 Å². The zero-order chi connectivity index (χ0) is 14.5. The topological polar surface area (TPSA) is 72.6 Å². The van der Waals surface area contributed by atoms with E-state index in [9.17, 15) is 9.59 Å². The minimum absolute atomic E-state index is 0.0380. The lowest BCUT2D eigenvalue weighted by molar-refractivity contribution is -0.138. The monoisotopic (exact) mass is 276 g/mol. The molecule has 1 heterocycles. The van der Waals surface area contributed by atoms with Crippen molar-refractivity contribution in [2.45, 2.75) is 32.3 Å². The summed E-state index contributed by atoms with van der Waals surface area (Å²) in [5.41, 5.74) is 5.59. The fourth-order valence-corrected chi connectivity index (χ4v) is 2.39. The molecule has 0 radical (unpaired) electrons. The fraction of sp³-hybridized carbons (Fsp3) is 0.467. The van der Waals surface area contributed by atoms with Crippen LogP contribution in [0.1, 0.15) is 36.5 Å². The first-order valence-electron chi connectivity index (χ1n) is 6.94. The second-order valence-electron chi connectivity index (χ2n) is 5.01. The van der Waals surface area contributed by atoms with Gasteiger partial charge in [0.05, 0.1) is 5.56 Å². The number of nitrogens with zero attached hydrogens (tertiary/aromatic N) is 1. The van der Waals surface area contributed by atoms with E-state index >= 15 is 0 Å². The first kappa shape index (κ1) is 14.4. The number of carbonyl (C=O) groups excluding carboxylic acids is 2. The van der Waals surface area contributed by atoms with Crippen LogP contribution in [-0.2, 0) is 4.79 Å². The van der Waals surface area contributed by atoms with Gasteiger partial charge >= 0.3 is 0 Å². The summed E-state index contributed by atoms with van der Waals surface area (Å²) in [7, 11) is 0. The number of hydrogen-bond donors (Lipinski definition) is 1. The average molecular weight is 276 g/mol. The molecule has 0 aromatic heterocycles. The number of para-hydroxylation sites is 1. The van der Waals surface area contributed by atoms with Gasteiger partial charge in [-0.1, -0.05) is 12.1 Å². The van der Waals surface area contributed by atoms with Crippen molar-refractivity contribution < 1.29 is 14.3 Å². The van der Waals surface area contributed by atoms with E-state index in [1.807, 2.05) is 4.90 Å². The van der Waals surface area contributed by atoms with Gasteiger partial charge in [-0.3, -0.25) is 9.59 Å². The molecule has 1 aliphatic heterocycles. The summed E-state index contributed by atoms with van der Waals surface area (Å²) in [5.74, 6) is -0.236. The van der Waals surface area contributed by atoms with Crippen LogP contribution >= 0.6 is 0 Å². The van der Waals surface area contributed by atoms with Gasteiger partial charge in [0.1, 0.15) is 5.75 Å². The Balaban J connectivity index is 2.05. The van der Waals surface area contributed by atoms with Gasteiger partial charge < -0.3 is 15.4 Å². The molecule has 20 heavy (non-hydrogen) atoms. The van der Waals surface area contributed by atoms with E-state index in [4.69, 9.17) is 10.5 Å². The van der Waals surface area contributed by atoms with Crippen LogP contribution in [0.2, 0.25) is 0 Å². The van der Waals surface area contributed by atoms with Crippen molar-refractivity contribution in [2.24, 2.45) is 5.73 Å². The van der Waals surface area contributed by atoms with E-state index in [1.54, 1.807) is 31.2 Å². The van der Waals surface area contributed by atoms with Gasteiger partial charge in [0.25, 0.3) is 11.8 Å². The summed E-state index contributed by atoms with van der Waals surface area (Å²) in [4.78, 5) is 25.4. The molecule has 0 aliphatic carbocycles. The van der Waals surface area contributed by atoms with E-state index in [0.29, 0.717) is 11.3 Å². The van der Waals surface area contributed by atoms with Gasteiger partial charge in [0.15, 0.2) is 6.10 Å². The predicted molar refractivity (Wildman–Crippen MR) is 75.5 cm³/mol. The smallest absolute Gasteiger partial charge is 0.263 e. The maximum absolute atomic E-state index is 12.3.